The molecule has 0 radical (unpaired) electrons. The molecular weight excluding hydrogens is 410 g/mol. The number of carbonyl (C=O) groups is 2. The van der Waals surface area contributed by atoms with Gasteiger partial charge in [0.25, 0.3) is 5.91 Å². The van der Waals surface area contributed by atoms with Crippen molar-refractivity contribution >= 4 is 52.1 Å². The number of benzene rings is 2. The first-order valence-corrected chi connectivity index (χ1v) is 9.59. The van der Waals surface area contributed by atoms with Crippen LogP contribution >= 0.6 is 23.8 Å². The molecule has 0 bridgehead atoms. The average molecular weight is 428 g/mol. The minimum absolute atomic E-state index is 0.170. The first-order chi connectivity index (χ1) is 14.0. The SMILES string of the molecule is O=C(CCc1ccccc1Cl)NC(=S)Nc1cccc(NC(=O)c2ccco2)c1. The van der Waals surface area contributed by atoms with E-state index in [2.05, 4.69) is 16.0 Å². The number of aryl methyl sites for hydroxylation is 1. The van der Waals surface area contributed by atoms with E-state index in [1.54, 1.807) is 42.5 Å². The lowest BCUT2D eigenvalue weighted by Gasteiger charge is -2.11. The lowest BCUT2D eigenvalue weighted by molar-refractivity contribution is -0.119. The van der Waals surface area contributed by atoms with E-state index in [0.29, 0.717) is 22.8 Å². The van der Waals surface area contributed by atoms with Gasteiger partial charge in [0.15, 0.2) is 10.9 Å². The molecule has 148 valence electrons. The van der Waals surface area contributed by atoms with Crippen LogP contribution < -0.4 is 16.0 Å². The molecule has 0 saturated carbocycles. The normalized spacial score (nSPS) is 10.2. The highest BCUT2D eigenvalue weighted by Gasteiger charge is 2.10. The Kier molecular flexibility index (Phi) is 6.99. The zero-order valence-electron chi connectivity index (χ0n) is 15.3. The monoisotopic (exact) mass is 427 g/mol. The molecule has 0 aliphatic heterocycles. The second-order valence-electron chi connectivity index (χ2n) is 6.11. The summed E-state index contributed by atoms with van der Waals surface area (Å²) < 4.78 is 5.06. The summed E-state index contributed by atoms with van der Waals surface area (Å²) in [5, 5.41) is 9.10. The van der Waals surface area contributed by atoms with Crippen molar-refractivity contribution in [3.8, 4) is 0 Å². The van der Waals surface area contributed by atoms with E-state index >= 15 is 0 Å². The fourth-order valence-corrected chi connectivity index (χ4v) is 3.04. The zero-order chi connectivity index (χ0) is 20.6. The lowest BCUT2D eigenvalue weighted by Crippen LogP contribution is -2.34. The van der Waals surface area contributed by atoms with Gasteiger partial charge in [-0.3, -0.25) is 9.59 Å². The number of halogens is 1. The molecular formula is C21H18ClN3O3S. The summed E-state index contributed by atoms with van der Waals surface area (Å²) >= 11 is 11.3. The topological polar surface area (TPSA) is 83.4 Å². The average Bonchev–Trinajstić information content (AvgIpc) is 3.22. The second kappa shape index (κ2) is 9.86. The third-order valence-electron chi connectivity index (χ3n) is 3.96. The molecule has 8 heteroatoms. The number of furan rings is 1. The van der Waals surface area contributed by atoms with Crippen molar-refractivity contribution in [3.05, 3.63) is 83.3 Å². The molecule has 0 saturated heterocycles. The molecule has 0 spiro atoms. The Morgan fingerprint density at radius 1 is 0.966 bits per heavy atom. The molecule has 3 aromatic rings. The van der Waals surface area contributed by atoms with E-state index in [1.165, 1.54) is 6.26 Å². The van der Waals surface area contributed by atoms with Gasteiger partial charge >= 0.3 is 0 Å². The first kappa shape index (κ1) is 20.6. The number of hydrogen-bond acceptors (Lipinski definition) is 4. The molecule has 3 N–H and O–H groups in total. The van der Waals surface area contributed by atoms with Crippen LogP contribution in [-0.4, -0.2) is 16.9 Å². The summed E-state index contributed by atoms with van der Waals surface area (Å²) in [7, 11) is 0. The fraction of sp³-hybridized carbons (Fsp3) is 0.0952. The Morgan fingerprint density at radius 3 is 2.45 bits per heavy atom. The van der Waals surface area contributed by atoms with Gasteiger partial charge in [0.05, 0.1) is 6.26 Å². The van der Waals surface area contributed by atoms with Crippen LogP contribution in [0.3, 0.4) is 0 Å². The Labute approximate surface area is 178 Å². The van der Waals surface area contributed by atoms with Crippen LogP contribution in [0.5, 0.6) is 0 Å². The minimum atomic E-state index is -0.359. The van der Waals surface area contributed by atoms with E-state index in [9.17, 15) is 9.59 Å². The van der Waals surface area contributed by atoms with Crippen molar-refractivity contribution < 1.29 is 14.0 Å². The molecule has 6 nitrogen and oxygen atoms in total. The summed E-state index contributed by atoms with van der Waals surface area (Å²) in [5.74, 6) is -0.364. The van der Waals surface area contributed by atoms with Gasteiger partial charge in [-0.05, 0) is 60.6 Å². The first-order valence-electron chi connectivity index (χ1n) is 8.80. The maximum Gasteiger partial charge on any atom is 0.291 e. The van der Waals surface area contributed by atoms with Crippen LogP contribution in [-0.2, 0) is 11.2 Å². The predicted molar refractivity (Wildman–Crippen MR) is 117 cm³/mol. The molecule has 2 aromatic carbocycles. The van der Waals surface area contributed by atoms with E-state index in [0.717, 1.165) is 5.56 Å². The van der Waals surface area contributed by atoms with E-state index in [-0.39, 0.29) is 29.1 Å². The van der Waals surface area contributed by atoms with E-state index < -0.39 is 0 Å². The summed E-state index contributed by atoms with van der Waals surface area (Å²) in [4.78, 5) is 24.2. The Bertz CT molecular complexity index is 1020. The standard InChI is InChI=1S/C21H18ClN3O3S/c22-17-8-2-1-5-14(17)10-11-19(26)25-21(29)24-16-7-3-6-15(13-16)23-20(27)18-9-4-12-28-18/h1-9,12-13H,10-11H2,(H,23,27)(H2,24,25,26,29). The number of anilines is 2. The summed E-state index contributed by atoms with van der Waals surface area (Å²) in [6, 6.07) is 17.6. The Hall–Kier alpha value is -3.16. The van der Waals surface area contributed by atoms with Crippen LogP contribution in [0.2, 0.25) is 5.02 Å². The minimum Gasteiger partial charge on any atom is -0.459 e. The smallest absolute Gasteiger partial charge is 0.291 e. The van der Waals surface area contributed by atoms with Gasteiger partial charge < -0.3 is 20.4 Å². The van der Waals surface area contributed by atoms with Crippen molar-refractivity contribution in [1.29, 1.82) is 0 Å². The highest BCUT2D eigenvalue weighted by molar-refractivity contribution is 7.80. The Balaban J connectivity index is 1.50. The number of nitrogens with one attached hydrogen (secondary N) is 3. The van der Waals surface area contributed by atoms with Gasteiger partial charge in [0, 0.05) is 22.8 Å². The third kappa shape index (κ3) is 6.17. The summed E-state index contributed by atoms with van der Waals surface area (Å²) in [6.45, 7) is 0. The molecule has 0 atom stereocenters. The van der Waals surface area contributed by atoms with Gasteiger partial charge in [-0.2, -0.15) is 0 Å². The maximum absolute atomic E-state index is 12.1. The second-order valence-corrected chi connectivity index (χ2v) is 6.92. The van der Waals surface area contributed by atoms with Crippen LogP contribution in [0.25, 0.3) is 0 Å². The molecule has 2 amide bonds. The van der Waals surface area contributed by atoms with Crippen molar-refractivity contribution in [1.82, 2.24) is 5.32 Å². The molecule has 0 fully saturated rings. The number of carbonyl (C=O) groups excluding carboxylic acids is 2. The van der Waals surface area contributed by atoms with Gasteiger partial charge in [-0.1, -0.05) is 35.9 Å². The fourth-order valence-electron chi connectivity index (χ4n) is 2.58. The molecule has 29 heavy (non-hydrogen) atoms. The van der Waals surface area contributed by atoms with Crippen LogP contribution in [0, 0.1) is 0 Å². The van der Waals surface area contributed by atoms with Crippen molar-refractivity contribution in [2.75, 3.05) is 10.6 Å². The van der Waals surface area contributed by atoms with Gasteiger partial charge in [-0.15, -0.1) is 0 Å². The molecule has 0 aliphatic rings. The zero-order valence-corrected chi connectivity index (χ0v) is 16.8. The largest absolute Gasteiger partial charge is 0.459 e. The number of rotatable bonds is 6. The molecule has 1 aromatic heterocycles. The van der Waals surface area contributed by atoms with Crippen LogP contribution in [0.1, 0.15) is 22.5 Å². The maximum atomic E-state index is 12.1. The number of hydrogen-bond donors (Lipinski definition) is 3. The third-order valence-corrected chi connectivity index (χ3v) is 4.53. The lowest BCUT2D eigenvalue weighted by atomic mass is 10.1. The van der Waals surface area contributed by atoms with Crippen LogP contribution in [0.15, 0.2) is 71.3 Å². The highest BCUT2D eigenvalue weighted by atomic mass is 35.5. The Morgan fingerprint density at radius 2 is 1.72 bits per heavy atom. The van der Waals surface area contributed by atoms with Gasteiger partial charge in [0.2, 0.25) is 5.91 Å². The van der Waals surface area contributed by atoms with Crippen molar-refractivity contribution in [2.45, 2.75) is 12.8 Å². The van der Waals surface area contributed by atoms with Gasteiger partial charge in [0.1, 0.15) is 0 Å². The van der Waals surface area contributed by atoms with Crippen molar-refractivity contribution in [2.24, 2.45) is 0 Å². The quantitative estimate of drug-likeness (QED) is 0.499. The van der Waals surface area contributed by atoms with E-state index in [4.69, 9.17) is 28.2 Å². The van der Waals surface area contributed by atoms with E-state index in [1.807, 2.05) is 18.2 Å². The summed E-state index contributed by atoms with van der Waals surface area (Å²) in [6.07, 6.45) is 2.20. The number of thiocarbonyl (C=S) groups is 1. The van der Waals surface area contributed by atoms with Gasteiger partial charge in [-0.25, -0.2) is 0 Å². The van der Waals surface area contributed by atoms with Crippen molar-refractivity contribution in [3.63, 3.8) is 0 Å². The molecule has 0 unspecified atom stereocenters. The van der Waals surface area contributed by atoms with Crippen LogP contribution in [0.4, 0.5) is 11.4 Å². The molecule has 0 aliphatic carbocycles. The summed E-state index contributed by atoms with van der Waals surface area (Å²) in [5.41, 5.74) is 2.09. The molecule has 3 rings (SSSR count). The molecule has 1 heterocycles. The predicted octanol–water partition coefficient (Wildman–Crippen LogP) is 4.63. The highest BCUT2D eigenvalue weighted by Crippen LogP contribution is 2.17. The number of amides is 2.